The SMILES string of the molecule is CCN1CCN(CCCOc2cc3ccc(C#N)c(Nc4ccc(Sc5nc(C)c(C)n5CC)c(Cl)c4)c3cc2OC)CC1. The van der Waals surface area contributed by atoms with Crippen molar-refractivity contribution in [2.45, 2.75) is 50.7 Å². The van der Waals surface area contributed by atoms with Crippen LogP contribution in [0.15, 0.2) is 52.5 Å². The molecule has 0 saturated carbocycles. The molecule has 1 saturated heterocycles. The molecular weight excluding hydrogens is 592 g/mol. The van der Waals surface area contributed by atoms with Crippen molar-refractivity contribution in [3.05, 3.63) is 64.4 Å². The molecule has 1 N–H and O–H groups in total. The summed E-state index contributed by atoms with van der Waals surface area (Å²) in [6, 6.07) is 15.9. The second kappa shape index (κ2) is 14.6. The van der Waals surface area contributed by atoms with Gasteiger partial charge in [0, 0.05) is 60.9 Å². The van der Waals surface area contributed by atoms with Crippen molar-refractivity contribution in [2.75, 3.05) is 58.3 Å². The average Bonchev–Trinajstić information content (AvgIpc) is 3.31. The first-order valence-electron chi connectivity index (χ1n) is 15.3. The third kappa shape index (κ3) is 7.10. The summed E-state index contributed by atoms with van der Waals surface area (Å²) in [6.45, 7) is 16.5. The van der Waals surface area contributed by atoms with Crippen LogP contribution in [0, 0.1) is 25.2 Å². The maximum absolute atomic E-state index is 9.96. The van der Waals surface area contributed by atoms with Crippen LogP contribution < -0.4 is 14.8 Å². The highest BCUT2D eigenvalue weighted by molar-refractivity contribution is 7.99. The number of ether oxygens (including phenoxy) is 2. The smallest absolute Gasteiger partial charge is 0.173 e. The zero-order valence-corrected chi connectivity index (χ0v) is 27.8. The van der Waals surface area contributed by atoms with Gasteiger partial charge in [0.1, 0.15) is 6.07 Å². The first-order valence-corrected chi connectivity index (χ1v) is 16.4. The monoisotopic (exact) mass is 632 g/mol. The van der Waals surface area contributed by atoms with Crippen LogP contribution in [0.1, 0.15) is 37.2 Å². The summed E-state index contributed by atoms with van der Waals surface area (Å²) in [5.41, 5.74) is 4.20. The van der Waals surface area contributed by atoms with E-state index in [9.17, 15) is 5.26 Å². The largest absolute Gasteiger partial charge is 0.493 e. The normalized spacial score (nSPS) is 14.1. The summed E-state index contributed by atoms with van der Waals surface area (Å²) in [5.74, 6) is 1.33. The van der Waals surface area contributed by atoms with Gasteiger partial charge in [-0.25, -0.2) is 4.98 Å². The summed E-state index contributed by atoms with van der Waals surface area (Å²) in [4.78, 5) is 10.6. The van der Waals surface area contributed by atoms with Crippen LogP contribution >= 0.6 is 23.4 Å². The minimum Gasteiger partial charge on any atom is -0.493 e. The van der Waals surface area contributed by atoms with Gasteiger partial charge in [-0.2, -0.15) is 5.26 Å². The van der Waals surface area contributed by atoms with Crippen LogP contribution in [0.5, 0.6) is 11.5 Å². The molecule has 232 valence electrons. The number of likely N-dealkylation sites (N-methyl/N-ethyl adjacent to an activating group) is 1. The minimum atomic E-state index is 0.530. The summed E-state index contributed by atoms with van der Waals surface area (Å²) in [6.07, 6.45) is 0.947. The van der Waals surface area contributed by atoms with E-state index >= 15 is 0 Å². The summed E-state index contributed by atoms with van der Waals surface area (Å²) < 4.78 is 14.1. The van der Waals surface area contributed by atoms with Gasteiger partial charge in [0.2, 0.25) is 0 Å². The predicted octanol–water partition coefficient (Wildman–Crippen LogP) is 7.51. The molecule has 0 spiro atoms. The summed E-state index contributed by atoms with van der Waals surface area (Å²) in [7, 11) is 1.64. The minimum absolute atomic E-state index is 0.530. The fourth-order valence-corrected chi connectivity index (χ4v) is 6.95. The van der Waals surface area contributed by atoms with Crippen LogP contribution in [0.4, 0.5) is 11.4 Å². The van der Waals surface area contributed by atoms with E-state index < -0.39 is 0 Å². The maximum Gasteiger partial charge on any atom is 0.173 e. The molecule has 4 aromatic rings. The van der Waals surface area contributed by atoms with E-state index in [4.69, 9.17) is 26.1 Å². The van der Waals surface area contributed by atoms with E-state index in [-0.39, 0.29) is 0 Å². The van der Waals surface area contributed by atoms with Crippen LogP contribution in [-0.2, 0) is 6.54 Å². The lowest BCUT2D eigenvalue weighted by molar-refractivity contribution is 0.130. The van der Waals surface area contributed by atoms with E-state index in [0.717, 1.165) is 90.1 Å². The second-order valence-electron chi connectivity index (χ2n) is 11.0. The first-order chi connectivity index (χ1) is 21.3. The number of nitrogens with one attached hydrogen (secondary N) is 1. The molecule has 44 heavy (non-hydrogen) atoms. The van der Waals surface area contributed by atoms with Crippen molar-refractivity contribution in [3.8, 4) is 17.6 Å². The number of aryl methyl sites for hydroxylation is 1. The Kier molecular flexibility index (Phi) is 10.6. The van der Waals surface area contributed by atoms with Crippen LogP contribution in [-0.4, -0.2) is 72.3 Å². The lowest BCUT2D eigenvalue weighted by atomic mass is 10.0. The van der Waals surface area contributed by atoms with Crippen LogP contribution in [0.25, 0.3) is 10.8 Å². The number of fused-ring (bicyclic) bond motifs is 1. The number of piperazine rings is 1. The maximum atomic E-state index is 9.96. The molecule has 1 aliphatic heterocycles. The molecule has 0 amide bonds. The van der Waals surface area contributed by atoms with Crippen molar-refractivity contribution in [1.82, 2.24) is 19.4 Å². The van der Waals surface area contributed by atoms with Gasteiger partial charge >= 0.3 is 0 Å². The first kappa shape index (κ1) is 32.0. The Labute approximate surface area is 269 Å². The van der Waals surface area contributed by atoms with Crippen LogP contribution in [0.3, 0.4) is 0 Å². The quantitative estimate of drug-likeness (QED) is 0.161. The van der Waals surface area contributed by atoms with E-state index in [1.54, 1.807) is 18.9 Å². The number of halogens is 1. The zero-order valence-electron chi connectivity index (χ0n) is 26.2. The number of benzene rings is 3. The highest BCUT2D eigenvalue weighted by Crippen LogP contribution is 2.40. The zero-order chi connectivity index (χ0) is 31.2. The number of anilines is 2. The predicted molar refractivity (Wildman–Crippen MR) is 180 cm³/mol. The third-order valence-electron chi connectivity index (χ3n) is 8.35. The molecule has 2 heterocycles. The third-order valence-corrected chi connectivity index (χ3v) is 9.85. The standard InChI is InChI=1S/C34H41ClN6O2S/c1-6-39-14-16-40(17-15-39)13-8-18-43-31-19-25-9-10-26(22-36)33(28(25)21-30(31)42-5)38-27-11-12-32(29(35)20-27)44-34-37-23(3)24(4)41(34)7-2/h9-12,19-21,38H,6-8,13-18H2,1-5H3. The Hall–Kier alpha value is -3.42. The number of hydrogen-bond donors (Lipinski definition) is 1. The van der Waals surface area contributed by atoms with E-state index in [1.165, 1.54) is 0 Å². The van der Waals surface area contributed by atoms with Crippen LogP contribution in [0.2, 0.25) is 5.02 Å². The van der Waals surface area contributed by atoms with Gasteiger partial charge in [0.05, 0.1) is 35.7 Å². The Bertz CT molecular complexity index is 1660. The molecule has 1 aromatic heterocycles. The van der Waals surface area contributed by atoms with E-state index in [0.29, 0.717) is 34.4 Å². The number of nitriles is 1. The Morgan fingerprint density at radius 1 is 1.00 bits per heavy atom. The molecular formula is C34H41ClN6O2S. The van der Waals surface area contributed by atoms with Gasteiger partial charge in [-0.1, -0.05) is 36.4 Å². The van der Waals surface area contributed by atoms with Gasteiger partial charge in [0.15, 0.2) is 16.7 Å². The number of imidazole rings is 1. The molecule has 0 unspecified atom stereocenters. The number of nitrogens with zero attached hydrogens (tertiary/aromatic N) is 5. The van der Waals surface area contributed by atoms with Crippen molar-refractivity contribution >= 4 is 45.5 Å². The van der Waals surface area contributed by atoms with E-state index in [1.807, 2.05) is 49.4 Å². The Morgan fingerprint density at radius 2 is 1.77 bits per heavy atom. The molecule has 0 radical (unpaired) electrons. The molecule has 0 aliphatic carbocycles. The molecule has 10 heteroatoms. The van der Waals surface area contributed by atoms with Crippen molar-refractivity contribution in [3.63, 3.8) is 0 Å². The second-order valence-corrected chi connectivity index (χ2v) is 12.4. The molecule has 5 rings (SSSR count). The molecule has 3 aromatic carbocycles. The van der Waals surface area contributed by atoms with Crippen molar-refractivity contribution < 1.29 is 9.47 Å². The topological polar surface area (TPSA) is 78.6 Å². The number of rotatable bonds is 12. The van der Waals surface area contributed by atoms with E-state index in [2.05, 4.69) is 46.5 Å². The van der Waals surface area contributed by atoms with Crippen molar-refractivity contribution in [2.24, 2.45) is 0 Å². The molecule has 0 atom stereocenters. The Morgan fingerprint density at radius 3 is 2.45 bits per heavy atom. The number of aromatic nitrogens is 2. The molecule has 1 fully saturated rings. The lowest BCUT2D eigenvalue weighted by Crippen LogP contribution is -2.46. The summed E-state index contributed by atoms with van der Waals surface area (Å²) >= 11 is 8.32. The molecule has 8 nitrogen and oxygen atoms in total. The Balaban J connectivity index is 1.32. The molecule has 0 bridgehead atoms. The average molecular weight is 633 g/mol. The van der Waals surface area contributed by atoms with Gasteiger partial charge < -0.3 is 29.2 Å². The lowest BCUT2D eigenvalue weighted by Gasteiger charge is -2.33. The van der Waals surface area contributed by atoms with Gasteiger partial charge in [0.25, 0.3) is 0 Å². The van der Waals surface area contributed by atoms with Gasteiger partial charge in [-0.15, -0.1) is 0 Å². The fourth-order valence-electron chi connectivity index (χ4n) is 5.61. The van der Waals surface area contributed by atoms with Gasteiger partial charge in [-0.05, 0) is 75.5 Å². The van der Waals surface area contributed by atoms with Gasteiger partial charge in [-0.3, -0.25) is 0 Å². The number of hydrogen-bond acceptors (Lipinski definition) is 8. The summed E-state index contributed by atoms with van der Waals surface area (Å²) in [5, 5.41) is 16.8. The highest BCUT2D eigenvalue weighted by atomic mass is 35.5. The number of methoxy groups -OCH3 is 1. The fraction of sp³-hybridized carbons (Fsp3) is 0.412. The van der Waals surface area contributed by atoms with Crippen molar-refractivity contribution in [1.29, 1.82) is 5.26 Å². The highest BCUT2D eigenvalue weighted by Gasteiger charge is 2.17. The molecule has 1 aliphatic rings.